The third kappa shape index (κ3) is 5.45. The average Bonchev–Trinajstić information content (AvgIpc) is 3.60. The Morgan fingerprint density at radius 1 is 1.07 bits per heavy atom. The molecule has 3 fully saturated rings. The highest BCUT2D eigenvalue weighted by Gasteiger charge is 2.47. The number of aromatic nitrogens is 3. The van der Waals surface area contributed by atoms with E-state index in [2.05, 4.69) is 21.3 Å². The second-order valence-corrected chi connectivity index (χ2v) is 13.8. The van der Waals surface area contributed by atoms with Crippen LogP contribution in [-0.2, 0) is 14.6 Å². The van der Waals surface area contributed by atoms with Gasteiger partial charge in [-0.3, -0.25) is 4.79 Å². The van der Waals surface area contributed by atoms with E-state index in [0.717, 1.165) is 48.2 Å². The molecule has 40 heavy (non-hydrogen) atoms. The molecule has 3 aliphatic rings. The number of carbonyl (C=O) groups is 1. The van der Waals surface area contributed by atoms with Crippen LogP contribution in [0.3, 0.4) is 0 Å². The monoisotopic (exact) mass is 578 g/mol. The smallest absolute Gasteiger partial charge is 0.225 e. The van der Waals surface area contributed by atoms with Gasteiger partial charge in [0, 0.05) is 48.6 Å². The Balaban J connectivity index is 1.35. The summed E-state index contributed by atoms with van der Waals surface area (Å²) in [5.74, 6) is 0.523. The van der Waals surface area contributed by atoms with Gasteiger partial charge in [-0.1, -0.05) is 36.6 Å². The molecule has 1 N–H and O–H groups in total. The highest BCUT2D eigenvalue weighted by Crippen LogP contribution is 2.43. The van der Waals surface area contributed by atoms with Crippen molar-refractivity contribution in [3.05, 3.63) is 59.5 Å². The normalized spacial score (nSPS) is 23.2. The number of benzene rings is 1. The minimum Gasteiger partial charge on any atom is -0.369 e. The molecule has 2 aromatic heterocycles. The van der Waals surface area contributed by atoms with E-state index < -0.39 is 15.4 Å². The number of halogens is 1. The van der Waals surface area contributed by atoms with Crippen LogP contribution in [0.25, 0.3) is 16.9 Å². The van der Waals surface area contributed by atoms with Crippen LogP contribution in [0.2, 0.25) is 5.02 Å². The number of nitrogens with zero attached hydrogens (tertiary/aromatic N) is 5. The molecule has 1 amide bonds. The molecule has 9 nitrogen and oxygen atoms in total. The molecule has 2 aliphatic carbocycles. The first-order valence-electron chi connectivity index (χ1n) is 13.8. The number of hydrogen-bond donors (Lipinski definition) is 1. The highest BCUT2D eigenvalue weighted by atomic mass is 35.5. The molecular weight excluding hydrogens is 548 g/mol. The van der Waals surface area contributed by atoms with Gasteiger partial charge in [0.2, 0.25) is 5.91 Å². The Morgan fingerprint density at radius 2 is 1.80 bits per heavy atom. The second-order valence-electron chi connectivity index (χ2n) is 11.1. The molecule has 6 rings (SSSR count). The number of sulfone groups is 1. The SMILES string of the molecule is N#CC1(NC(=O)C2CCCCC2c2nn(-c3ccc(Cl)cn3)cc2-c2ccc(N3CCS(=O)(=O)CC3)cc2)CC1. The number of carbonyl (C=O) groups excluding carboxylic acids is 1. The Labute approximate surface area is 239 Å². The Bertz CT molecular complexity index is 1540. The number of nitriles is 1. The summed E-state index contributed by atoms with van der Waals surface area (Å²) in [5, 5.41) is 18.1. The van der Waals surface area contributed by atoms with Crippen molar-refractivity contribution in [3.63, 3.8) is 0 Å². The van der Waals surface area contributed by atoms with Crippen molar-refractivity contribution in [2.24, 2.45) is 5.92 Å². The fraction of sp³-hybridized carbons (Fsp3) is 0.448. The summed E-state index contributed by atoms with van der Waals surface area (Å²) in [6, 6.07) is 14.0. The molecule has 0 bridgehead atoms. The number of rotatable bonds is 6. The molecule has 11 heteroatoms. The van der Waals surface area contributed by atoms with Gasteiger partial charge in [0.15, 0.2) is 15.7 Å². The zero-order valence-electron chi connectivity index (χ0n) is 22.1. The van der Waals surface area contributed by atoms with E-state index in [9.17, 15) is 18.5 Å². The summed E-state index contributed by atoms with van der Waals surface area (Å²) < 4.78 is 25.5. The third-order valence-electron chi connectivity index (χ3n) is 8.36. The number of pyridine rings is 1. The van der Waals surface area contributed by atoms with E-state index in [1.165, 1.54) is 0 Å². The van der Waals surface area contributed by atoms with Crippen LogP contribution in [0, 0.1) is 17.2 Å². The lowest BCUT2D eigenvalue weighted by molar-refractivity contribution is -0.127. The molecule has 0 radical (unpaired) electrons. The van der Waals surface area contributed by atoms with Gasteiger partial charge in [-0.05, 0) is 55.5 Å². The van der Waals surface area contributed by atoms with E-state index in [1.807, 2.05) is 36.5 Å². The van der Waals surface area contributed by atoms with Crippen LogP contribution in [0.4, 0.5) is 5.69 Å². The van der Waals surface area contributed by atoms with Crippen molar-refractivity contribution in [2.45, 2.75) is 50.0 Å². The van der Waals surface area contributed by atoms with Gasteiger partial charge in [-0.25, -0.2) is 18.1 Å². The molecule has 1 aromatic carbocycles. The van der Waals surface area contributed by atoms with Crippen LogP contribution < -0.4 is 10.2 Å². The molecule has 3 heterocycles. The second kappa shape index (κ2) is 10.5. The van der Waals surface area contributed by atoms with Gasteiger partial charge in [-0.15, -0.1) is 0 Å². The van der Waals surface area contributed by atoms with Crippen LogP contribution in [0.5, 0.6) is 0 Å². The first kappa shape index (κ1) is 26.8. The van der Waals surface area contributed by atoms with Gasteiger partial charge < -0.3 is 10.2 Å². The molecule has 208 valence electrons. The summed E-state index contributed by atoms with van der Waals surface area (Å²) in [4.78, 5) is 20.0. The zero-order valence-corrected chi connectivity index (χ0v) is 23.7. The van der Waals surface area contributed by atoms with Crippen LogP contribution in [-0.4, -0.2) is 59.2 Å². The number of amides is 1. The molecular formula is C29H31ClN6O3S. The van der Waals surface area contributed by atoms with Crippen molar-refractivity contribution in [1.82, 2.24) is 20.1 Å². The van der Waals surface area contributed by atoms with Crippen molar-refractivity contribution in [1.29, 1.82) is 5.26 Å². The zero-order chi connectivity index (χ0) is 27.9. The van der Waals surface area contributed by atoms with Gasteiger partial charge >= 0.3 is 0 Å². The van der Waals surface area contributed by atoms with Crippen molar-refractivity contribution >= 4 is 33.0 Å². The molecule has 1 saturated heterocycles. The first-order chi connectivity index (χ1) is 19.3. The first-order valence-corrected chi connectivity index (χ1v) is 16.0. The van der Waals surface area contributed by atoms with Gasteiger partial charge in [0.1, 0.15) is 5.54 Å². The van der Waals surface area contributed by atoms with E-state index >= 15 is 0 Å². The molecule has 0 spiro atoms. The lowest BCUT2D eigenvalue weighted by Gasteiger charge is -2.31. The van der Waals surface area contributed by atoms with E-state index in [4.69, 9.17) is 16.7 Å². The lowest BCUT2D eigenvalue weighted by atomic mass is 9.75. The maximum absolute atomic E-state index is 13.5. The Kier molecular flexibility index (Phi) is 7.05. The largest absolute Gasteiger partial charge is 0.369 e. The van der Waals surface area contributed by atoms with Crippen molar-refractivity contribution in [3.8, 4) is 23.0 Å². The summed E-state index contributed by atoms with van der Waals surface area (Å²) in [6.07, 6.45) is 8.47. The molecule has 2 atom stereocenters. The molecule has 3 aromatic rings. The van der Waals surface area contributed by atoms with Crippen LogP contribution in [0.1, 0.15) is 50.1 Å². The maximum atomic E-state index is 13.5. The quantitative estimate of drug-likeness (QED) is 0.463. The van der Waals surface area contributed by atoms with E-state index in [-0.39, 0.29) is 29.2 Å². The summed E-state index contributed by atoms with van der Waals surface area (Å²) in [6.45, 7) is 0.965. The summed E-state index contributed by atoms with van der Waals surface area (Å²) >= 11 is 6.07. The standard InChI is InChI=1S/C29H31ClN6O3S/c30-21-7-10-26(32-17-21)36-18-25(20-5-8-22(9-6-20)35-13-15-40(38,39)16-14-35)27(34-36)23-3-1-2-4-24(23)28(37)33-29(19-31)11-12-29/h5-10,17-18,23-24H,1-4,11-16H2,(H,33,37). The average molecular weight is 579 g/mol. The fourth-order valence-corrected chi connectivity index (χ4v) is 7.13. The number of anilines is 1. The lowest BCUT2D eigenvalue weighted by Crippen LogP contribution is -2.42. The predicted octanol–water partition coefficient (Wildman–Crippen LogP) is 4.27. The van der Waals surface area contributed by atoms with Crippen molar-refractivity contribution < 1.29 is 13.2 Å². The van der Waals surface area contributed by atoms with Gasteiger partial charge in [0.25, 0.3) is 0 Å². The fourth-order valence-electron chi connectivity index (χ4n) is 5.82. The van der Waals surface area contributed by atoms with Gasteiger partial charge in [-0.2, -0.15) is 10.4 Å². The molecule has 1 aliphatic heterocycles. The van der Waals surface area contributed by atoms with Crippen molar-refractivity contribution in [2.75, 3.05) is 29.5 Å². The van der Waals surface area contributed by atoms with Crippen LogP contribution in [0.15, 0.2) is 48.8 Å². The summed E-state index contributed by atoms with van der Waals surface area (Å²) in [5.41, 5.74) is 3.00. The van der Waals surface area contributed by atoms with Gasteiger partial charge in [0.05, 0.1) is 28.3 Å². The minimum absolute atomic E-state index is 0.0655. The predicted molar refractivity (Wildman–Crippen MR) is 153 cm³/mol. The topological polar surface area (TPSA) is 121 Å². The van der Waals surface area contributed by atoms with Crippen LogP contribution >= 0.6 is 11.6 Å². The molecule has 2 saturated carbocycles. The summed E-state index contributed by atoms with van der Waals surface area (Å²) in [7, 11) is -2.96. The van der Waals surface area contributed by atoms with E-state index in [0.29, 0.717) is 36.8 Å². The van der Waals surface area contributed by atoms with E-state index in [1.54, 1.807) is 16.9 Å². The minimum atomic E-state index is -2.96. The number of hydrogen-bond acceptors (Lipinski definition) is 7. The Morgan fingerprint density at radius 3 is 2.45 bits per heavy atom. The Hall–Kier alpha value is -3.42. The third-order valence-corrected chi connectivity index (χ3v) is 10.2. The maximum Gasteiger partial charge on any atom is 0.225 e. The molecule has 2 unspecified atom stereocenters. The number of nitrogens with one attached hydrogen (secondary N) is 1. The highest BCUT2D eigenvalue weighted by molar-refractivity contribution is 7.91.